The predicted molar refractivity (Wildman–Crippen MR) is 211 cm³/mol. The summed E-state index contributed by atoms with van der Waals surface area (Å²) in [6.07, 6.45) is 8.14. The van der Waals surface area contributed by atoms with E-state index in [2.05, 4.69) is 17.7 Å². The predicted octanol–water partition coefficient (Wildman–Crippen LogP) is 7.96. The van der Waals surface area contributed by atoms with Crippen molar-refractivity contribution in [2.45, 2.75) is 70.8 Å². The highest BCUT2D eigenvalue weighted by molar-refractivity contribution is 7.22. The Hall–Kier alpha value is -6.07. The van der Waals surface area contributed by atoms with Crippen LogP contribution in [0.4, 0.5) is 5.13 Å². The molecule has 0 radical (unpaired) electrons. The van der Waals surface area contributed by atoms with Crippen LogP contribution in [0.5, 0.6) is 23.0 Å². The van der Waals surface area contributed by atoms with Crippen LogP contribution in [0, 0.1) is 23.2 Å². The number of nitrogens with zero attached hydrogens (tertiary/aromatic N) is 4. The first-order valence-corrected chi connectivity index (χ1v) is 19.3. The van der Waals surface area contributed by atoms with Gasteiger partial charge in [-0.15, -0.1) is 0 Å². The quantitative estimate of drug-likeness (QED) is 0.0162. The molecule has 0 bridgehead atoms. The van der Waals surface area contributed by atoms with Gasteiger partial charge in [0.15, 0.2) is 0 Å². The summed E-state index contributed by atoms with van der Waals surface area (Å²) in [5, 5.41) is 16.3. The molecule has 1 atom stereocenters. The van der Waals surface area contributed by atoms with Crippen LogP contribution in [0.15, 0.2) is 84.5 Å². The van der Waals surface area contributed by atoms with Crippen LogP contribution in [0.3, 0.4) is 0 Å². The minimum Gasteiger partial charge on any atom is -0.494 e. The Morgan fingerprint density at radius 2 is 1.59 bits per heavy atom. The lowest BCUT2D eigenvalue weighted by Gasteiger charge is -2.26. The number of carbonyl (C=O) groups excluding carboxylic acids is 4. The highest BCUT2D eigenvalue weighted by Crippen LogP contribution is 2.34. The van der Waals surface area contributed by atoms with Crippen LogP contribution in [-0.2, 0) is 23.9 Å². The molecule has 14 heteroatoms. The number of esters is 3. The molecule has 1 unspecified atom stereocenters. The molecule has 1 saturated carbocycles. The number of hydrogen-bond donors (Lipinski definition) is 0. The lowest BCUT2D eigenvalue weighted by Crippen LogP contribution is -2.30. The zero-order chi connectivity index (χ0) is 39.7. The Bertz CT molecular complexity index is 2000. The molecule has 1 heterocycles. The molecule has 0 spiro atoms. The van der Waals surface area contributed by atoms with E-state index in [9.17, 15) is 24.4 Å². The summed E-state index contributed by atoms with van der Waals surface area (Å²) in [6, 6.07) is 21.0. The standard InChI is InChI=1S/C42H44N4O9S/c1-3-39(48)52-25-9-5-4-8-24-51-33-16-18-34(19-17-33)54-40(49)30-12-14-31(15-13-30)41(50)55-37-21-20-35(53-28-47)26-32(37)27-44-46(29(2)22-23-43)42-45-36-10-6-7-11-38(36)56-42/h3,6-7,10-11,16-21,26-31H,1,4-5,8-9,12-15,22,24-25H2,2H3/b44-27+/t29?,30-,31-. The van der Waals surface area contributed by atoms with Crippen LogP contribution >= 0.6 is 11.3 Å². The molecule has 292 valence electrons. The van der Waals surface area contributed by atoms with E-state index >= 15 is 0 Å². The van der Waals surface area contributed by atoms with E-state index in [1.165, 1.54) is 35.8 Å². The smallest absolute Gasteiger partial charge is 0.330 e. The van der Waals surface area contributed by atoms with E-state index in [0.717, 1.165) is 42.0 Å². The maximum atomic E-state index is 13.4. The van der Waals surface area contributed by atoms with Crippen molar-refractivity contribution in [3.05, 3.63) is 84.9 Å². The second kappa shape index (κ2) is 21.1. The normalized spacial score (nSPS) is 15.6. The lowest BCUT2D eigenvalue weighted by atomic mass is 9.82. The molecular weight excluding hydrogens is 737 g/mol. The zero-order valence-corrected chi connectivity index (χ0v) is 32.0. The van der Waals surface area contributed by atoms with Crippen LogP contribution in [0.25, 0.3) is 10.2 Å². The number of nitriles is 1. The molecule has 0 N–H and O–H groups in total. The Labute approximate surface area is 329 Å². The molecule has 1 aromatic heterocycles. The van der Waals surface area contributed by atoms with Crippen molar-refractivity contribution in [1.82, 2.24) is 4.98 Å². The Kier molecular flexibility index (Phi) is 15.5. The third-order valence-corrected chi connectivity index (χ3v) is 10.2. The highest BCUT2D eigenvalue weighted by Gasteiger charge is 2.32. The number of hydrazone groups is 1. The van der Waals surface area contributed by atoms with E-state index in [4.69, 9.17) is 28.7 Å². The molecule has 5 rings (SSSR count). The number of anilines is 1. The average molecular weight is 781 g/mol. The van der Waals surface area contributed by atoms with E-state index in [0.29, 0.717) is 67.6 Å². The third-order valence-electron chi connectivity index (χ3n) is 9.13. The minimum atomic E-state index is -0.444. The molecule has 56 heavy (non-hydrogen) atoms. The maximum Gasteiger partial charge on any atom is 0.330 e. The Morgan fingerprint density at radius 1 is 0.929 bits per heavy atom. The van der Waals surface area contributed by atoms with Crippen LogP contribution in [0.1, 0.15) is 70.3 Å². The van der Waals surface area contributed by atoms with Crippen molar-refractivity contribution in [2.75, 3.05) is 18.2 Å². The molecule has 13 nitrogen and oxygen atoms in total. The van der Waals surface area contributed by atoms with Crippen molar-refractivity contribution in [3.8, 4) is 29.1 Å². The van der Waals surface area contributed by atoms with Gasteiger partial charge in [-0.25, -0.2) is 14.8 Å². The molecule has 1 fully saturated rings. The van der Waals surface area contributed by atoms with Crippen molar-refractivity contribution in [2.24, 2.45) is 16.9 Å². The van der Waals surface area contributed by atoms with Crippen LogP contribution < -0.4 is 24.0 Å². The topological polar surface area (TPSA) is 167 Å². The SMILES string of the molecule is C=CC(=O)OCCCCCCOc1ccc(OC(=O)[C@H]2CC[C@H](C(=O)Oc3ccc(OC=O)cc3/C=N/N(c3nc4ccccc4s3)C(C)CC#N)CC2)cc1. The van der Waals surface area contributed by atoms with Gasteiger partial charge in [0.25, 0.3) is 6.47 Å². The van der Waals surface area contributed by atoms with Gasteiger partial charge in [0, 0.05) is 11.6 Å². The summed E-state index contributed by atoms with van der Waals surface area (Å²) in [6.45, 7) is 6.46. The van der Waals surface area contributed by atoms with Crippen molar-refractivity contribution in [3.63, 3.8) is 0 Å². The van der Waals surface area contributed by atoms with Crippen molar-refractivity contribution in [1.29, 1.82) is 5.26 Å². The van der Waals surface area contributed by atoms with Crippen LogP contribution in [-0.4, -0.2) is 54.8 Å². The van der Waals surface area contributed by atoms with E-state index in [-0.39, 0.29) is 35.8 Å². The fourth-order valence-corrected chi connectivity index (χ4v) is 7.07. The van der Waals surface area contributed by atoms with Gasteiger partial charge in [-0.1, -0.05) is 30.0 Å². The van der Waals surface area contributed by atoms with Gasteiger partial charge in [-0.3, -0.25) is 14.4 Å². The first-order valence-electron chi connectivity index (χ1n) is 18.5. The first kappa shape index (κ1) is 41.1. The van der Waals surface area contributed by atoms with Gasteiger partial charge in [-0.05, 0) is 113 Å². The van der Waals surface area contributed by atoms with Gasteiger partial charge in [0.2, 0.25) is 5.13 Å². The second-order valence-corrected chi connectivity index (χ2v) is 14.2. The number of rotatable bonds is 20. The summed E-state index contributed by atoms with van der Waals surface area (Å²) in [7, 11) is 0. The molecule has 0 amide bonds. The van der Waals surface area contributed by atoms with Gasteiger partial charge in [0.05, 0.1) is 60.0 Å². The average Bonchev–Trinajstić information content (AvgIpc) is 3.64. The number of unbranched alkanes of at least 4 members (excludes halogenated alkanes) is 3. The summed E-state index contributed by atoms with van der Waals surface area (Å²) >= 11 is 1.44. The zero-order valence-electron chi connectivity index (χ0n) is 31.2. The fraction of sp³-hybridized carbons (Fsp3) is 0.357. The highest BCUT2D eigenvalue weighted by atomic mass is 32.1. The number of fused-ring (bicyclic) bond motifs is 1. The van der Waals surface area contributed by atoms with Crippen LogP contribution in [0.2, 0.25) is 0 Å². The van der Waals surface area contributed by atoms with Gasteiger partial charge < -0.3 is 23.7 Å². The van der Waals surface area contributed by atoms with Crippen molar-refractivity contribution < 1.29 is 42.9 Å². The number of aromatic nitrogens is 1. The Morgan fingerprint density at radius 3 is 2.27 bits per heavy atom. The van der Waals surface area contributed by atoms with Crippen molar-refractivity contribution >= 4 is 57.3 Å². The molecule has 0 aliphatic heterocycles. The lowest BCUT2D eigenvalue weighted by molar-refractivity contribution is -0.145. The third kappa shape index (κ3) is 12.0. The summed E-state index contributed by atoms with van der Waals surface area (Å²) < 4.78 is 28.3. The van der Waals surface area contributed by atoms with Gasteiger partial charge >= 0.3 is 17.9 Å². The number of thiazole rings is 1. The number of ether oxygens (including phenoxy) is 5. The summed E-state index contributed by atoms with van der Waals surface area (Å²) in [5.74, 6) is -0.468. The molecule has 1 aliphatic rings. The number of carbonyl (C=O) groups is 4. The second-order valence-electron chi connectivity index (χ2n) is 13.2. The number of benzene rings is 3. The monoisotopic (exact) mass is 780 g/mol. The Balaban J connectivity index is 1.12. The van der Waals surface area contributed by atoms with E-state index < -0.39 is 17.9 Å². The number of para-hydroxylation sites is 1. The van der Waals surface area contributed by atoms with E-state index in [1.807, 2.05) is 31.2 Å². The minimum absolute atomic E-state index is 0.184. The maximum absolute atomic E-state index is 13.4. The van der Waals surface area contributed by atoms with Gasteiger partial charge in [-0.2, -0.15) is 10.4 Å². The molecule has 1 aliphatic carbocycles. The van der Waals surface area contributed by atoms with Gasteiger partial charge in [0.1, 0.15) is 23.0 Å². The summed E-state index contributed by atoms with van der Waals surface area (Å²) in [4.78, 5) is 53.3. The van der Waals surface area contributed by atoms with E-state index in [1.54, 1.807) is 29.3 Å². The molecular formula is C42H44N4O9S. The molecule has 3 aromatic carbocycles. The largest absolute Gasteiger partial charge is 0.494 e. The first-order chi connectivity index (χ1) is 27.3. The number of hydrogen-bond acceptors (Lipinski definition) is 14. The fourth-order valence-electron chi connectivity index (χ4n) is 6.04. The summed E-state index contributed by atoms with van der Waals surface area (Å²) in [5.41, 5.74) is 1.18. The molecule has 4 aromatic rings. The molecule has 0 saturated heterocycles.